The molecule has 0 aliphatic heterocycles. The van der Waals surface area contributed by atoms with E-state index in [0.717, 1.165) is 5.56 Å². The van der Waals surface area contributed by atoms with E-state index in [1.54, 1.807) is 19.2 Å². The number of aryl methyl sites for hydroxylation is 1. The first-order valence-corrected chi connectivity index (χ1v) is 6.50. The first-order chi connectivity index (χ1) is 10.1. The summed E-state index contributed by atoms with van der Waals surface area (Å²) in [5.41, 5.74) is 0.723. The number of nitrogens with zero attached hydrogens (tertiary/aromatic N) is 3. The molecule has 0 unspecified atom stereocenters. The minimum absolute atomic E-state index is 0.000779. The van der Waals surface area contributed by atoms with Gasteiger partial charge >= 0.3 is 5.69 Å². The Labute approximate surface area is 121 Å². The fourth-order valence-corrected chi connectivity index (χ4v) is 1.77. The Kier molecular flexibility index (Phi) is 4.83. The van der Waals surface area contributed by atoms with Crippen molar-refractivity contribution in [2.75, 3.05) is 7.05 Å². The Morgan fingerprint density at radius 1 is 1.48 bits per heavy atom. The van der Waals surface area contributed by atoms with Crippen LogP contribution in [0, 0.1) is 10.1 Å². The largest absolute Gasteiger partial charge is 0.477 e. The van der Waals surface area contributed by atoms with Crippen LogP contribution in [0.25, 0.3) is 0 Å². The van der Waals surface area contributed by atoms with Crippen LogP contribution in [0.1, 0.15) is 24.2 Å². The van der Waals surface area contributed by atoms with Crippen LogP contribution in [0.3, 0.4) is 0 Å². The maximum atomic E-state index is 11.1. The van der Waals surface area contributed by atoms with Crippen LogP contribution in [0.4, 0.5) is 5.69 Å². The van der Waals surface area contributed by atoms with Gasteiger partial charge in [0.05, 0.1) is 4.92 Å². The van der Waals surface area contributed by atoms with Gasteiger partial charge in [-0.15, -0.1) is 0 Å². The Bertz CT molecular complexity index is 626. The number of rotatable bonds is 7. The van der Waals surface area contributed by atoms with Gasteiger partial charge in [-0.3, -0.25) is 10.1 Å². The van der Waals surface area contributed by atoms with E-state index in [9.17, 15) is 10.1 Å². The van der Waals surface area contributed by atoms with Gasteiger partial charge in [-0.2, -0.15) is 4.98 Å². The highest BCUT2D eigenvalue weighted by Crippen LogP contribution is 2.28. The molecule has 0 bridgehead atoms. The predicted octanol–water partition coefficient (Wildman–Crippen LogP) is 1.84. The quantitative estimate of drug-likeness (QED) is 0.613. The van der Waals surface area contributed by atoms with Crippen molar-refractivity contribution < 1.29 is 14.2 Å². The third-order valence-electron chi connectivity index (χ3n) is 2.78. The normalized spacial score (nSPS) is 10.6. The van der Waals surface area contributed by atoms with Crippen molar-refractivity contribution in [2.24, 2.45) is 0 Å². The molecule has 0 saturated carbocycles. The van der Waals surface area contributed by atoms with Crippen molar-refractivity contribution in [1.82, 2.24) is 15.5 Å². The molecule has 0 saturated heterocycles. The van der Waals surface area contributed by atoms with Gasteiger partial charge in [0, 0.05) is 19.0 Å². The number of hydrogen-bond donors (Lipinski definition) is 1. The lowest BCUT2D eigenvalue weighted by Crippen LogP contribution is -2.06. The van der Waals surface area contributed by atoms with Gasteiger partial charge in [0.1, 0.15) is 0 Å². The third-order valence-corrected chi connectivity index (χ3v) is 2.78. The highest BCUT2D eigenvalue weighted by atomic mass is 16.6. The molecule has 1 aromatic carbocycles. The van der Waals surface area contributed by atoms with E-state index in [4.69, 9.17) is 9.26 Å². The standard InChI is InChI=1S/C13H16N4O4/c1-3-12-15-13(21-16-12)8-20-11-5-4-9(7-14-2)6-10(11)17(18)19/h4-6,14H,3,7-8H2,1-2H3. The molecule has 8 heteroatoms. The molecule has 1 heterocycles. The second kappa shape index (κ2) is 6.80. The lowest BCUT2D eigenvalue weighted by Gasteiger charge is -2.06. The van der Waals surface area contributed by atoms with Gasteiger partial charge < -0.3 is 14.6 Å². The Hall–Kier alpha value is -2.48. The van der Waals surface area contributed by atoms with Crippen LogP contribution in [-0.2, 0) is 19.6 Å². The molecular weight excluding hydrogens is 276 g/mol. The summed E-state index contributed by atoms with van der Waals surface area (Å²) in [6.45, 7) is 2.45. The first-order valence-electron chi connectivity index (χ1n) is 6.50. The molecule has 21 heavy (non-hydrogen) atoms. The van der Waals surface area contributed by atoms with E-state index in [-0.39, 0.29) is 18.0 Å². The van der Waals surface area contributed by atoms with Crippen molar-refractivity contribution in [1.29, 1.82) is 0 Å². The average molecular weight is 292 g/mol. The minimum atomic E-state index is -0.472. The molecule has 1 aromatic heterocycles. The van der Waals surface area contributed by atoms with Gasteiger partial charge in [-0.1, -0.05) is 18.1 Å². The number of aromatic nitrogens is 2. The molecule has 0 spiro atoms. The van der Waals surface area contributed by atoms with E-state index >= 15 is 0 Å². The second-order valence-electron chi connectivity index (χ2n) is 4.34. The van der Waals surface area contributed by atoms with Crippen molar-refractivity contribution >= 4 is 5.69 Å². The molecule has 0 radical (unpaired) electrons. The van der Waals surface area contributed by atoms with Crippen LogP contribution in [-0.4, -0.2) is 22.1 Å². The topological polar surface area (TPSA) is 103 Å². The van der Waals surface area contributed by atoms with Gasteiger partial charge in [0.15, 0.2) is 18.2 Å². The van der Waals surface area contributed by atoms with Crippen LogP contribution >= 0.6 is 0 Å². The zero-order chi connectivity index (χ0) is 15.2. The average Bonchev–Trinajstić information content (AvgIpc) is 2.94. The van der Waals surface area contributed by atoms with Gasteiger partial charge in [0.25, 0.3) is 5.89 Å². The summed E-state index contributed by atoms with van der Waals surface area (Å²) in [5, 5.41) is 17.8. The van der Waals surface area contributed by atoms with Crippen molar-refractivity contribution in [3.05, 3.63) is 45.6 Å². The van der Waals surface area contributed by atoms with Gasteiger partial charge in [-0.25, -0.2) is 0 Å². The van der Waals surface area contributed by atoms with E-state index in [2.05, 4.69) is 15.5 Å². The third kappa shape index (κ3) is 3.76. The van der Waals surface area contributed by atoms with Crippen LogP contribution in [0.2, 0.25) is 0 Å². The summed E-state index contributed by atoms with van der Waals surface area (Å²) in [6.07, 6.45) is 0.655. The second-order valence-corrected chi connectivity index (χ2v) is 4.34. The SMILES string of the molecule is CCc1noc(COc2ccc(CNC)cc2[N+](=O)[O-])n1. The lowest BCUT2D eigenvalue weighted by atomic mass is 10.2. The summed E-state index contributed by atoms with van der Waals surface area (Å²) in [4.78, 5) is 14.7. The van der Waals surface area contributed by atoms with Crippen molar-refractivity contribution in [3.8, 4) is 5.75 Å². The summed E-state index contributed by atoms with van der Waals surface area (Å²) < 4.78 is 10.4. The van der Waals surface area contributed by atoms with E-state index in [0.29, 0.717) is 24.7 Å². The monoisotopic (exact) mass is 292 g/mol. The number of nitrogens with one attached hydrogen (secondary N) is 1. The Balaban J connectivity index is 2.13. The number of nitro benzene ring substituents is 1. The number of nitro groups is 1. The summed E-state index contributed by atoms with van der Waals surface area (Å²) in [5.74, 6) is 1.05. The molecule has 0 amide bonds. The molecule has 0 aliphatic carbocycles. The van der Waals surface area contributed by atoms with Crippen LogP contribution in [0.5, 0.6) is 5.75 Å². The molecule has 0 atom stereocenters. The smallest absolute Gasteiger partial charge is 0.311 e. The highest BCUT2D eigenvalue weighted by Gasteiger charge is 2.17. The minimum Gasteiger partial charge on any atom is -0.477 e. The Morgan fingerprint density at radius 3 is 2.90 bits per heavy atom. The van der Waals surface area contributed by atoms with E-state index < -0.39 is 4.92 Å². The van der Waals surface area contributed by atoms with Crippen LogP contribution in [0.15, 0.2) is 22.7 Å². The summed E-state index contributed by atoms with van der Waals surface area (Å²) in [6, 6.07) is 4.82. The maximum Gasteiger partial charge on any atom is 0.311 e. The molecule has 0 fully saturated rings. The highest BCUT2D eigenvalue weighted by molar-refractivity contribution is 5.48. The summed E-state index contributed by atoms with van der Waals surface area (Å²) >= 11 is 0. The number of ether oxygens (including phenoxy) is 1. The molecular formula is C13H16N4O4. The van der Waals surface area contributed by atoms with Gasteiger partial charge in [0.2, 0.25) is 0 Å². The van der Waals surface area contributed by atoms with E-state index in [1.165, 1.54) is 6.07 Å². The van der Waals surface area contributed by atoms with Crippen LogP contribution < -0.4 is 10.1 Å². The van der Waals surface area contributed by atoms with Gasteiger partial charge in [-0.05, 0) is 18.7 Å². The molecule has 112 valence electrons. The Morgan fingerprint density at radius 2 is 2.29 bits per heavy atom. The molecule has 2 aromatic rings. The zero-order valence-electron chi connectivity index (χ0n) is 11.8. The summed E-state index contributed by atoms with van der Waals surface area (Å²) in [7, 11) is 1.77. The zero-order valence-corrected chi connectivity index (χ0v) is 11.8. The molecule has 2 rings (SSSR count). The van der Waals surface area contributed by atoms with Crippen molar-refractivity contribution in [3.63, 3.8) is 0 Å². The predicted molar refractivity (Wildman–Crippen MR) is 73.9 cm³/mol. The van der Waals surface area contributed by atoms with E-state index in [1.807, 2.05) is 6.92 Å². The molecule has 1 N–H and O–H groups in total. The molecule has 0 aliphatic rings. The fourth-order valence-electron chi connectivity index (χ4n) is 1.77. The van der Waals surface area contributed by atoms with Crippen molar-refractivity contribution in [2.45, 2.75) is 26.5 Å². The first kappa shape index (κ1) is 14.9. The maximum absolute atomic E-state index is 11.1. The fraction of sp³-hybridized carbons (Fsp3) is 0.385. The number of benzene rings is 1. The molecule has 8 nitrogen and oxygen atoms in total. The lowest BCUT2D eigenvalue weighted by molar-refractivity contribution is -0.386. The number of hydrogen-bond acceptors (Lipinski definition) is 7.